The van der Waals surface area contributed by atoms with E-state index in [1.165, 1.54) is 22.0 Å². The van der Waals surface area contributed by atoms with Crippen LogP contribution < -0.4 is 5.73 Å². The molecule has 1 unspecified atom stereocenters. The van der Waals surface area contributed by atoms with Gasteiger partial charge >= 0.3 is 0 Å². The van der Waals surface area contributed by atoms with Crippen molar-refractivity contribution in [1.29, 1.82) is 0 Å². The molecule has 1 saturated heterocycles. The van der Waals surface area contributed by atoms with Crippen molar-refractivity contribution in [3.8, 4) is 0 Å². The SMILES string of the molecule is CN1C[C@H](CC(N)=O)CC2c3cccc4[nH]cc(c34)C[C@H]21. The summed E-state index contributed by atoms with van der Waals surface area (Å²) in [5.41, 5.74) is 9.53. The number of piperidine rings is 1. The van der Waals surface area contributed by atoms with Crippen molar-refractivity contribution in [3.63, 3.8) is 0 Å². The number of likely N-dealkylation sites (N-methyl/N-ethyl adjacent to an activating group) is 1. The summed E-state index contributed by atoms with van der Waals surface area (Å²) < 4.78 is 0. The molecule has 1 fully saturated rings. The van der Waals surface area contributed by atoms with Crippen LogP contribution in [0.4, 0.5) is 0 Å². The van der Waals surface area contributed by atoms with Gasteiger partial charge in [0.1, 0.15) is 0 Å². The zero-order chi connectivity index (χ0) is 14.6. The lowest BCUT2D eigenvalue weighted by molar-refractivity contribution is -0.119. The number of benzene rings is 1. The van der Waals surface area contributed by atoms with Crippen LogP contribution in [0.15, 0.2) is 24.4 Å². The van der Waals surface area contributed by atoms with Gasteiger partial charge in [0.15, 0.2) is 0 Å². The number of fused-ring (bicyclic) bond motifs is 2. The Hall–Kier alpha value is -1.81. The number of likely N-dealkylation sites (tertiary alicyclic amines) is 1. The Bertz CT molecular complexity index is 705. The average molecular weight is 283 g/mol. The summed E-state index contributed by atoms with van der Waals surface area (Å²) in [6, 6.07) is 7.09. The summed E-state index contributed by atoms with van der Waals surface area (Å²) in [6.07, 6.45) is 4.83. The van der Waals surface area contributed by atoms with Crippen LogP contribution >= 0.6 is 0 Å². The highest BCUT2D eigenvalue weighted by Gasteiger charge is 2.39. The van der Waals surface area contributed by atoms with Crippen LogP contribution in [0.3, 0.4) is 0 Å². The van der Waals surface area contributed by atoms with E-state index in [-0.39, 0.29) is 5.91 Å². The molecule has 2 aromatic rings. The molecule has 1 aliphatic carbocycles. The highest BCUT2D eigenvalue weighted by atomic mass is 16.1. The first kappa shape index (κ1) is 12.9. The second-order valence-electron chi connectivity index (χ2n) is 6.67. The van der Waals surface area contributed by atoms with Gasteiger partial charge in [-0.05, 0) is 43.0 Å². The van der Waals surface area contributed by atoms with Gasteiger partial charge in [0.05, 0.1) is 0 Å². The minimum absolute atomic E-state index is 0.178. The minimum Gasteiger partial charge on any atom is -0.370 e. The maximum atomic E-state index is 11.3. The van der Waals surface area contributed by atoms with E-state index >= 15 is 0 Å². The van der Waals surface area contributed by atoms with Gasteiger partial charge in [-0.2, -0.15) is 0 Å². The molecule has 110 valence electrons. The third-order valence-electron chi connectivity index (χ3n) is 5.30. The molecular formula is C17H21N3O. The van der Waals surface area contributed by atoms with Crippen molar-refractivity contribution in [2.45, 2.75) is 31.2 Å². The van der Waals surface area contributed by atoms with Gasteiger partial charge in [0.25, 0.3) is 0 Å². The van der Waals surface area contributed by atoms with Gasteiger partial charge in [-0.25, -0.2) is 0 Å². The first-order chi connectivity index (χ1) is 10.1. The van der Waals surface area contributed by atoms with E-state index in [2.05, 4.69) is 41.3 Å². The number of rotatable bonds is 2. The molecule has 0 spiro atoms. The summed E-state index contributed by atoms with van der Waals surface area (Å²) in [5, 5.41) is 1.41. The Morgan fingerprint density at radius 2 is 2.33 bits per heavy atom. The predicted octanol–water partition coefficient (Wildman–Crippen LogP) is 2.00. The number of hydrogen-bond donors (Lipinski definition) is 2. The number of amides is 1. The highest BCUT2D eigenvalue weighted by Crippen LogP contribution is 2.44. The number of nitrogens with zero attached hydrogens (tertiary/aromatic N) is 1. The Morgan fingerprint density at radius 1 is 1.48 bits per heavy atom. The Morgan fingerprint density at radius 3 is 3.14 bits per heavy atom. The molecule has 4 rings (SSSR count). The molecule has 0 bridgehead atoms. The fraction of sp³-hybridized carbons (Fsp3) is 0.471. The number of carbonyl (C=O) groups is 1. The molecule has 4 nitrogen and oxygen atoms in total. The Labute approximate surface area is 124 Å². The van der Waals surface area contributed by atoms with Crippen LogP contribution in [0, 0.1) is 5.92 Å². The molecule has 0 radical (unpaired) electrons. The molecular weight excluding hydrogens is 262 g/mol. The van der Waals surface area contributed by atoms with Crippen LogP contribution in [0.5, 0.6) is 0 Å². The van der Waals surface area contributed by atoms with Gasteiger partial charge in [-0.15, -0.1) is 0 Å². The number of aromatic amines is 1. The number of nitrogens with one attached hydrogen (secondary N) is 1. The average Bonchev–Trinajstić information content (AvgIpc) is 2.84. The van der Waals surface area contributed by atoms with Crippen LogP contribution in [-0.2, 0) is 11.2 Å². The smallest absolute Gasteiger partial charge is 0.217 e. The number of aromatic nitrogens is 1. The van der Waals surface area contributed by atoms with Crippen LogP contribution in [0.25, 0.3) is 10.9 Å². The second-order valence-corrected chi connectivity index (χ2v) is 6.67. The lowest BCUT2D eigenvalue weighted by atomic mass is 9.72. The standard InChI is InChI=1S/C17H21N3O/c1-20-9-10(6-16(18)21)5-13-12-3-2-4-14-17(12)11(8-19-14)7-15(13)20/h2-4,8,10,13,15,19H,5-7,9H2,1H3,(H2,18,21)/t10-,13?,15+/m0/s1. The summed E-state index contributed by atoms with van der Waals surface area (Å²) in [6.45, 7) is 0.972. The number of H-pyrrole nitrogens is 1. The third kappa shape index (κ3) is 1.97. The van der Waals surface area contributed by atoms with E-state index in [1.54, 1.807) is 0 Å². The second kappa shape index (κ2) is 4.60. The van der Waals surface area contributed by atoms with Crippen molar-refractivity contribution in [3.05, 3.63) is 35.5 Å². The fourth-order valence-corrected chi connectivity index (χ4v) is 4.49. The highest BCUT2D eigenvalue weighted by molar-refractivity contribution is 5.88. The van der Waals surface area contributed by atoms with Crippen molar-refractivity contribution < 1.29 is 4.79 Å². The quantitative estimate of drug-likeness (QED) is 0.885. The number of hydrogen-bond acceptors (Lipinski definition) is 2. The summed E-state index contributed by atoms with van der Waals surface area (Å²) in [7, 11) is 2.18. The minimum atomic E-state index is -0.178. The molecule has 21 heavy (non-hydrogen) atoms. The van der Waals surface area contributed by atoms with E-state index < -0.39 is 0 Å². The normalized spacial score (nSPS) is 28.5. The van der Waals surface area contributed by atoms with E-state index in [0.29, 0.717) is 24.3 Å². The predicted molar refractivity (Wildman–Crippen MR) is 83.1 cm³/mol. The van der Waals surface area contributed by atoms with E-state index in [1.807, 2.05) is 0 Å². The largest absolute Gasteiger partial charge is 0.370 e. The van der Waals surface area contributed by atoms with E-state index in [4.69, 9.17) is 5.73 Å². The number of carbonyl (C=O) groups excluding carboxylic acids is 1. The molecule has 2 heterocycles. The first-order valence-corrected chi connectivity index (χ1v) is 7.71. The molecule has 2 aliphatic rings. The molecule has 3 N–H and O–H groups in total. The molecule has 1 aromatic carbocycles. The van der Waals surface area contributed by atoms with Gasteiger partial charge in [-0.1, -0.05) is 12.1 Å². The van der Waals surface area contributed by atoms with Gasteiger partial charge < -0.3 is 15.6 Å². The number of primary amides is 1. The number of nitrogens with two attached hydrogens (primary N) is 1. The summed E-state index contributed by atoms with van der Waals surface area (Å²) in [4.78, 5) is 17.1. The van der Waals surface area contributed by atoms with Crippen LogP contribution in [-0.4, -0.2) is 35.4 Å². The molecule has 1 amide bonds. The Balaban J connectivity index is 1.76. The topological polar surface area (TPSA) is 62.1 Å². The third-order valence-corrected chi connectivity index (χ3v) is 5.30. The van der Waals surface area contributed by atoms with Gasteiger partial charge in [-0.3, -0.25) is 4.79 Å². The molecule has 4 heteroatoms. The van der Waals surface area contributed by atoms with Crippen molar-refractivity contribution in [2.24, 2.45) is 11.7 Å². The fourth-order valence-electron chi connectivity index (χ4n) is 4.49. The van der Waals surface area contributed by atoms with Gasteiger partial charge in [0, 0.05) is 42.0 Å². The van der Waals surface area contributed by atoms with E-state index in [0.717, 1.165) is 19.4 Å². The van der Waals surface area contributed by atoms with E-state index in [9.17, 15) is 4.79 Å². The van der Waals surface area contributed by atoms with Crippen LogP contribution in [0.2, 0.25) is 0 Å². The van der Waals surface area contributed by atoms with Gasteiger partial charge in [0.2, 0.25) is 5.91 Å². The monoisotopic (exact) mass is 283 g/mol. The summed E-state index contributed by atoms with van der Waals surface area (Å²) in [5.74, 6) is 0.716. The van der Waals surface area contributed by atoms with Crippen molar-refractivity contribution >= 4 is 16.8 Å². The molecule has 1 aromatic heterocycles. The molecule has 1 aliphatic heterocycles. The van der Waals surface area contributed by atoms with Crippen molar-refractivity contribution in [2.75, 3.05) is 13.6 Å². The molecule has 0 saturated carbocycles. The van der Waals surface area contributed by atoms with Crippen LogP contribution in [0.1, 0.15) is 29.9 Å². The zero-order valence-electron chi connectivity index (χ0n) is 12.3. The lowest BCUT2D eigenvalue weighted by Gasteiger charge is -2.45. The lowest BCUT2D eigenvalue weighted by Crippen LogP contribution is -2.48. The zero-order valence-corrected chi connectivity index (χ0v) is 12.3. The molecule has 3 atom stereocenters. The summed E-state index contributed by atoms with van der Waals surface area (Å²) >= 11 is 0. The Kier molecular flexibility index (Phi) is 2.82. The maximum Gasteiger partial charge on any atom is 0.217 e. The first-order valence-electron chi connectivity index (χ1n) is 7.71. The van der Waals surface area contributed by atoms with Crippen molar-refractivity contribution in [1.82, 2.24) is 9.88 Å². The maximum absolute atomic E-state index is 11.3.